The number of carbonyl (C=O) groups is 1. The maximum Gasteiger partial charge on any atom is 0.253 e. The number of nitrogens with zero attached hydrogens (tertiary/aromatic N) is 1. The molecule has 3 saturated heterocycles. The van der Waals surface area contributed by atoms with Gasteiger partial charge in [-0.25, -0.2) is 0 Å². The number of fused-ring (bicyclic) bond motifs is 1. The average Bonchev–Trinajstić information content (AvgIpc) is 3.28. The first-order valence-corrected chi connectivity index (χ1v) is 12.0. The molecule has 0 aromatic rings. The van der Waals surface area contributed by atoms with Crippen LogP contribution in [0.4, 0.5) is 0 Å². The zero-order chi connectivity index (χ0) is 18.1. The van der Waals surface area contributed by atoms with E-state index >= 15 is 0 Å². The first kappa shape index (κ1) is 19.1. The van der Waals surface area contributed by atoms with Gasteiger partial charge in [0.15, 0.2) is 0 Å². The molecule has 5 heteroatoms. The second kappa shape index (κ2) is 8.40. The second-order valence-electron chi connectivity index (χ2n) is 9.13. The number of amides is 1. The van der Waals surface area contributed by atoms with E-state index in [2.05, 4.69) is 35.8 Å². The lowest BCUT2D eigenvalue weighted by atomic mass is 9.75. The summed E-state index contributed by atoms with van der Waals surface area (Å²) >= 11 is 2.05. The molecule has 3 aliphatic heterocycles. The molecule has 4 nitrogen and oxygen atoms in total. The number of hydrogen-bond donors (Lipinski definition) is 1. The molecule has 148 valence electrons. The summed E-state index contributed by atoms with van der Waals surface area (Å²) in [4.78, 5) is 15.8. The van der Waals surface area contributed by atoms with Crippen molar-refractivity contribution in [3.05, 3.63) is 0 Å². The lowest BCUT2D eigenvalue weighted by Gasteiger charge is -2.38. The summed E-state index contributed by atoms with van der Waals surface area (Å²) in [6.07, 6.45) is 10.0. The van der Waals surface area contributed by atoms with Crippen LogP contribution in [-0.2, 0) is 9.53 Å². The van der Waals surface area contributed by atoms with Crippen LogP contribution in [0, 0.1) is 17.8 Å². The van der Waals surface area contributed by atoms with Crippen molar-refractivity contribution in [1.29, 1.82) is 0 Å². The van der Waals surface area contributed by atoms with Crippen LogP contribution in [0.2, 0.25) is 0 Å². The second-order valence-corrected chi connectivity index (χ2v) is 10.5. The lowest BCUT2D eigenvalue weighted by Crippen LogP contribution is -2.56. The maximum atomic E-state index is 13.6. The predicted molar refractivity (Wildman–Crippen MR) is 107 cm³/mol. The van der Waals surface area contributed by atoms with E-state index in [9.17, 15) is 4.79 Å². The van der Waals surface area contributed by atoms with E-state index in [-0.39, 0.29) is 18.2 Å². The molecule has 0 aromatic carbocycles. The minimum atomic E-state index is -0.217. The van der Waals surface area contributed by atoms with Crippen molar-refractivity contribution in [1.82, 2.24) is 10.2 Å². The lowest BCUT2D eigenvalue weighted by molar-refractivity contribution is -0.148. The molecular formula is C21H36N2O2S. The Bertz CT molecular complexity index is 490. The highest BCUT2D eigenvalue weighted by molar-refractivity contribution is 8.00. The number of hydrogen-bond acceptors (Lipinski definition) is 4. The third kappa shape index (κ3) is 3.95. The highest BCUT2D eigenvalue weighted by Crippen LogP contribution is 2.44. The molecule has 7 unspecified atom stereocenters. The average molecular weight is 381 g/mol. The van der Waals surface area contributed by atoms with Crippen molar-refractivity contribution >= 4 is 17.7 Å². The van der Waals surface area contributed by atoms with Gasteiger partial charge in [-0.15, -0.1) is 0 Å². The Morgan fingerprint density at radius 3 is 2.77 bits per heavy atom. The first-order chi connectivity index (χ1) is 12.6. The fourth-order valence-corrected chi connectivity index (χ4v) is 6.85. The van der Waals surface area contributed by atoms with Gasteiger partial charge < -0.3 is 9.64 Å². The quantitative estimate of drug-likeness (QED) is 0.808. The van der Waals surface area contributed by atoms with Gasteiger partial charge in [0.1, 0.15) is 6.10 Å². The van der Waals surface area contributed by atoms with Gasteiger partial charge in [-0.2, -0.15) is 11.8 Å². The summed E-state index contributed by atoms with van der Waals surface area (Å²) in [6.45, 7) is 6.56. The van der Waals surface area contributed by atoms with E-state index in [0.717, 1.165) is 31.8 Å². The summed E-state index contributed by atoms with van der Waals surface area (Å²) in [5.41, 5.74) is 0. The number of carbonyl (C=O) groups excluding carboxylic acids is 1. The Hall–Kier alpha value is -0.260. The standard InChI is InChI=1S/C21H36N2O2S/c1-14-8-9-18-17(12-14)15(2)20(25-18)21(24)23(13-16-6-5-11-26-16)19-7-3-4-10-22-19/h14-20,22H,3-13H2,1-2H3. The number of thioether (sulfide) groups is 1. The molecule has 4 rings (SSSR count). The van der Waals surface area contributed by atoms with E-state index in [1.807, 2.05) is 0 Å². The van der Waals surface area contributed by atoms with E-state index in [0.29, 0.717) is 23.2 Å². The Kier molecular flexibility index (Phi) is 6.16. The Labute approximate surface area is 163 Å². The summed E-state index contributed by atoms with van der Waals surface area (Å²) in [5.74, 6) is 3.24. The monoisotopic (exact) mass is 380 g/mol. The normalized spacial score (nSPS) is 43.2. The minimum absolute atomic E-state index is 0.217. The van der Waals surface area contributed by atoms with Crippen LogP contribution in [0.3, 0.4) is 0 Å². The molecule has 7 atom stereocenters. The Morgan fingerprint density at radius 1 is 1.15 bits per heavy atom. The molecule has 1 amide bonds. The van der Waals surface area contributed by atoms with Crippen LogP contribution in [0.1, 0.15) is 65.2 Å². The molecule has 26 heavy (non-hydrogen) atoms. The SMILES string of the molecule is CC1CCC2OC(C(=O)N(CC3CCCS3)C3CCCCN3)C(C)C2C1. The highest BCUT2D eigenvalue weighted by Gasteiger charge is 2.49. The number of rotatable bonds is 4. The van der Waals surface area contributed by atoms with Crippen molar-refractivity contribution in [2.75, 3.05) is 18.8 Å². The molecular weight excluding hydrogens is 344 g/mol. The topological polar surface area (TPSA) is 41.6 Å². The van der Waals surface area contributed by atoms with E-state index in [1.165, 1.54) is 44.3 Å². The third-order valence-electron chi connectivity index (χ3n) is 7.18. The predicted octanol–water partition coefficient (Wildman–Crippen LogP) is 3.65. The fraction of sp³-hybridized carbons (Fsp3) is 0.952. The first-order valence-electron chi connectivity index (χ1n) is 10.9. The van der Waals surface area contributed by atoms with E-state index in [4.69, 9.17) is 4.74 Å². The summed E-state index contributed by atoms with van der Waals surface area (Å²) in [6, 6.07) is 0. The van der Waals surface area contributed by atoms with Crippen molar-refractivity contribution < 1.29 is 9.53 Å². The van der Waals surface area contributed by atoms with Crippen LogP contribution < -0.4 is 5.32 Å². The van der Waals surface area contributed by atoms with Gasteiger partial charge in [-0.05, 0) is 81.4 Å². The number of nitrogens with one attached hydrogen (secondary N) is 1. The number of piperidine rings is 1. The van der Waals surface area contributed by atoms with Crippen LogP contribution >= 0.6 is 11.8 Å². The van der Waals surface area contributed by atoms with Gasteiger partial charge in [0.2, 0.25) is 0 Å². The molecule has 0 aromatic heterocycles. The van der Waals surface area contributed by atoms with E-state index < -0.39 is 0 Å². The van der Waals surface area contributed by atoms with Crippen molar-refractivity contribution in [2.45, 2.75) is 88.8 Å². The van der Waals surface area contributed by atoms with Crippen molar-refractivity contribution in [3.8, 4) is 0 Å². The molecule has 0 bridgehead atoms. The zero-order valence-electron chi connectivity index (χ0n) is 16.5. The molecule has 0 radical (unpaired) electrons. The number of ether oxygens (including phenoxy) is 1. The van der Waals surface area contributed by atoms with Gasteiger partial charge in [0.25, 0.3) is 5.91 Å². The molecule has 1 N–H and O–H groups in total. The highest BCUT2D eigenvalue weighted by atomic mass is 32.2. The Balaban J connectivity index is 1.47. The maximum absolute atomic E-state index is 13.6. The zero-order valence-corrected chi connectivity index (χ0v) is 17.3. The van der Waals surface area contributed by atoms with Gasteiger partial charge in [-0.3, -0.25) is 10.1 Å². The van der Waals surface area contributed by atoms with Crippen LogP contribution in [0.15, 0.2) is 0 Å². The molecule has 1 aliphatic carbocycles. The van der Waals surface area contributed by atoms with Gasteiger partial charge in [0, 0.05) is 11.8 Å². The van der Waals surface area contributed by atoms with Crippen LogP contribution in [0.5, 0.6) is 0 Å². The molecule has 4 fully saturated rings. The smallest absolute Gasteiger partial charge is 0.253 e. The van der Waals surface area contributed by atoms with Crippen molar-refractivity contribution in [3.63, 3.8) is 0 Å². The van der Waals surface area contributed by atoms with Crippen molar-refractivity contribution in [2.24, 2.45) is 17.8 Å². The molecule has 0 spiro atoms. The van der Waals surface area contributed by atoms with Crippen LogP contribution in [-0.4, -0.2) is 53.3 Å². The molecule has 1 saturated carbocycles. The summed E-state index contributed by atoms with van der Waals surface area (Å²) in [7, 11) is 0. The molecule has 4 aliphatic rings. The summed E-state index contributed by atoms with van der Waals surface area (Å²) < 4.78 is 6.40. The van der Waals surface area contributed by atoms with Gasteiger partial charge >= 0.3 is 0 Å². The summed E-state index contributed by atoms with van der Waals surface area (Å²) in [5, 5.41) is 4.24. The fourth-order valence-electron chi connectivity index (χ4n) is 5.58. The Morgan fingerprint density at radius 2 is 2.04 bits per heavy atom. The van der Waals surface area contributed by atoms with Gasteiger partial charge in [-0.1, -0.05) is 13.8 Å². The van der Waals surface area contributed by atoms with Gasteiger partial charge in [0.05, 0.1) is 12.3 Å². The van der Waals surface area contributed by atoms with Crippen LogP contribution in [0.25, 0.3) is 0 Å². The molecule has 3 heterocycles. The largest absolute Gasteiger partial charge is 0.365 e. The third-order valence-corrected chi connectivity index (χ3v) is 8.56. The van der Waals surface area contributed by atoms with E-state index in [1.54, 1.807) is 0 Å². The minimum Gasteiger partial charge on any atom is -0.365 e.